The Bertz CT molecular complexity index is 607. The molecule has 0 unspecified atom stereocenters. The standard InChI is InChI=1S/C16H16N2O2/c19-18(20)16-9-5-4-8-15(16)17-14-10-13(11-14)12-6-2-1-3-7-12/h1-9,13-14,17H,10-11H2. The van der Waals surface area contributed by atoms with Gasteiger partial charge in [0.2, 0.25) is 0 Å². The first-order chi connectivity index (χ1) is 9.74. The molecular weight excluding hydrogens is 252 g/mol. The third-order valence-corrected chi connectivity index (χ3v) is 3.87. The third-order valence-electron chi connectivity index (χ3n) is 3.87. The van der Waals surface area contributed by atoms with Gasteiger partial charge in [-0.05, 0) is 30.4 Å². The molecule has 0 atom stereocenters. The molecule has 0 amide bonds. The zero-order chi connectivity index (χ0) is 13.9. The Morgan fingerprint density at radius 1 is 1.00 bits per heavy atom. The van der Waals surface area contributed by atoms with Crippen molar-refractivity contribution in [3.8, 4) is 0 Å². The van der Waals surface area contributed by atoms with Crippen LogP contribution >= 0.6 is 0 Å². The fraction of sp³-hybridized carbons (Fsp3) is 0.250. The van der Waals surface area contributed by atoms with Crippen molar-refractivity contribution in [1.82, 2.24) is 0 Å². The molecule has 1 fully saturated rings. The molecule has 2 aromatic carbocycles. The molecule has 0 saturated heterocycles. The van der Waals surface area contributed by atoms with Crippen LogP contribution in [0, 0.1) is 10.1 Å². The minimum absolute atomic E-state index is 0.149. The number of nitrogens with one attached hydrogen (secondary N) is 1. The lowest BCUT2D eigenvalue weighted by Crippen LogP contribution is -2.34. The van der Waals surface area contributed by atoms with E-state index in [2.05, 4.69) is 29.6 Å². The van der Waals surface area contributed by atoms with Crippen molar-refractivity contribution in [2.24, 2.45) is 0 Å². The van der Waals surface area contributed by atoms with Gasteiger partial charge in [-0.25, -0.2) is 0 Å². The molecule has 102 valence electrons. The van der Waals surface area contributed by atoms with Gasteiger partial charge in [-0.15, -0.1) is 0 Å². The van der Waals surface area contributed by atoms with Gasteiger partial charge in [0.1, 0.15) is 5.69 Å². The molecule has 1 N–H and O–H groups in total. The highest BCUT2D eigenvalue weighted by Crippen LogP contribution is 2.39. The van der Waals surface area contributed by atoms with Crippen LogP contribution in [0.2, 0.25) is 0 Å². The van der Waals surface area contributed by atoms with Crippen molar-refractivity contribution in [3.05, 3.63) is 70.3 Å². The second-order valence-corrected chi connectivity index (χ2v) is 5.19. The minimum Gasteiger partial charge on any atom is -0.377 e. The normalized spacial score (nSPS) is 21.0. The van der Waals surface area contributed by atoms with Gasteiger partial charge in [0, 0.05) is 12.1 Å². The van der Waals surface area contributed by atoms with E-state index < -0.39 is 0 Å². The van der Waals surface area contributed by atoms with E-state index in [0.717, 1.165) is 12.8 Å². The number of nitrogens with zero attached hydrogens (tertiary/aromatic N) is 1. The second kappa shape index (κ2) is 5.33. The van der Waals surface area contributed by atoms with Gasteiger partial charge in [0.15, 0.2) is 0 Å². The first-order valence-corrected chi connectivity index (χ1v) is 6.79. The average Bonchev–Trinajstić information content (AvgIpc) is 2.43. The Morgan fingerprint density at radius 3 is 2.35 bits per heavy atom. The first kappa shape index (κ1) is 12.7. The van der Waals surface area contributed by atoms with Gasteiger partial charge in [0.05, 0.1) is 4.92 Å². The van der Waals surface area contributed by atoms with E-state index in [1.54, 1.807) is 12.1 Å². The van der Waals surface area contributed by atoms with Crippen LogP contribution < -0.4 is 5.32 Å². The summed E-state index contributed by atoms with van der Waals surface area (Å²) in [6.45, 7) is 0. The van der Waals surface area contributed by atoms with Crippen LogP contribution in [0.15, 0.2) is 54.6 Å². The zero-order valence-corrected chi connectivity index (χ0v) is 11.0. The van der Waals surface area contributed by atoms with Gasteiger partial charge in [-0.1, -0.05) is 42.5 Å². The van der Waals surface area contributed by atoms with Crippen LogP contribution in [0.3, 0.4) is 0 Å². The topological polar surface area (TPSA) is 55.2 Å². The maximum Gasteiger partial charge on any atom is 0.292 e. The number of benzene rings is 2. The summed E-state index contributed by atoms with van der Waals surface area (Å²) in [5.74, 6) is 0.566. The van der Waals surface area contributed by atoms with Crippen molar-refractivity contribution < 1.29 is 4.92 Å². The molecule has 0 aliphatic heterocycles. The Kier molecular flexibility index (Phi) is 3.37. The summed E-state index contributed by atoms with van der Waals surface area (Å²) in [7, 11) is 0. The third kappa shape index (κ3) is 2.50. The number of para-hydroxylation sites is 2. The average molecular weight is 268 g/mol. The Balaban J connectivity index is 1.63. The van der Waals surface area contributed by atoms with Gasteiger partial charge in [-0.3, -0.25) is 10.1 Å². The quantitative estimate of drug-likeness (QED) is 0.674. The van der Waals surface area contributed by atoms with E-state index in [9.17, 15) is 10.1 Å². The minimum atomic E-state index is -0.338. The predicted octanol–water partition coefficient (Wildman–Crippen LogP) is 3.95. The maximum absolute atomic E-state index is 11.0. The molecule has 1 saturated carbocycles. The summed E-state index contributed by atoms with van der Waals surface area (Å²) in [4.78, 5) is 10.6. The lowest BCUT2D eigenvalue weighted by atomic mass is 9.76. The van der Waals surface area contributed by atoms with Crippen LogP contribution in [0.5, 0.6) is 0 Å². The number of nitro groups is 1. The van der Waals surface area contributed by atoms with Crippen LogP contribution in [-0.4, -0.2) is 11.0 Å². The highest BCUT2D eigenvalue weighted by Gasteiger charge is 2.31. The van der Waals surface area contributed by atoms with Crippen molar-refractivity contribution in [3.63, 3.8) is 0 Å². The van der Waals surface area contributed by atoms with E-state index >= 15 is 0 Å². The Hall–Kier alpha value is -2.36. The monoisotopic (exact) mass is 268 g/mol. The molecule has 0 radical (unpaired) electrons. The molecule has 3 rings (SSSR count). The molecular formula is C16H16N2O2. The SMILES string of the molecule is O=[N+]([O-])c1ccccc1NC1CC(c2ccccc2)C1. The number of hydrogen-bond donors (Lipinski definition) is 1. The van der Waals surface area contributed by atoms with Crippen molar-refractivity contribution in [2.75, 3.05) is 5.32 Å². The van der Waals surface area contributed by atoms with Crippen LogP contribution in [0.4, 0.5) is 11.4 Å². The molecule has 20 heavy (non-hydrogen) atoms. The summed E-state index contributed by atoms with van der Waals surface area (Å²) in [5, 5.41) is 14.2. The second-order valence-electron chi connectivity index (χ2n) is 5.19. The fourth-order valence-corrected chi connectivity index (χ4v) is 2.71. The van der Waals surface area contributed by atoms with E-state index in [-0.39, 0.29) is 10.6 Å². The molecule has 0 bridgehead atoms. The van der Waals surface area contributed by atoms with Crippen LogP contribution in [-0.2, 0) is 0 Å². The summed E-state index contributed by atoms with van der Waals surface area (Å²) in [6, 6.07) is 17.6. The highest BCUT2D eigenvalue weighted by atomic mass is 16.6. The number of hydrogen-bond acceptors (Lipinski definition) is 3. The number of nitro benzene ring substituents is 1. The zero-order valence-electron chi connectivity index (χ0n) is 11.0. The molecule has 0 heterocycles. The lowest BCUT2D eigenvalue weighted by molar-refractivity contribution is -0.384. The number of rotatable bonds is 4. The molecule has 0 aromatic heterocycles. The molecule has 0 spiro atoms. The van der Waals surface area contributed by atoms with E-state index in [1.807, 2.05) is 12.1 Å². The molecule has 1 aliphatic rings. The van der Waals surface area contributed by atoms with Gasteiger partial charge < -0.3 is 5.32 Å². The van der Waals surface area contributed by atoms with Crippen LogP contribution in [0.25, 0.3) is 0 Å². The predicted molar refractivity (Wildman–Crippen MR) is 78.9 cm³/mol. The smallest absolute Gasteiger partial charge is 0.292 e. The molecule has 4 heteroatoms. The van der Waals surface area contributed by atoms with Crippen LogP contribution in [0.1, 0.15) is 24.3 Å². The summed E-state index contributed by atoms with van der Waals surface area (Å²) in [5.41, 5.74) is 2.12. The van der Waals surface area contributed by atoms with Gasteiger partial charge in [-0.2, -0.15) is 0 Å². The first-order valence-electron chi connectivity index (χ1n) is 6.79. The molecule has 1 aliphatic carbocycles. The summed E-state index contributed by atoms with van der Waals surface area (Å²) < 4.78 is 0. The van der Waals surface area contributed by atoms with E-state index in [4.69, 9.17) is 0 Å². The van der Waals surface area contributed by atoms with E-state index in [1.165, 1.54) is 11.6 Å². The van der Waals surface area contributed by atoms with Gasteiger partial charge in [0.25, 0.3) is 5.69 Å². The summed E-state index contributed by atoms with van der Waals surface area (Å²) >= 11 is 0. The van der Waals surface area contributed by atoms with Gasteiger partial charge >= 0.3 is 0 Å². The number of anilines is 1. The Morgan fingerprint density at radius 2 is 1.65 bits per heavy atom. The van der Waals surface area contributed by atoms with Crippen molar-refractivity contribution >= 4 is 11.4 Å². The molecule has 4 nitrogen and oxygen atoms in total. The lowest BCUT2D eigenvalue weighted by Gasteiger charge is -2.36. The van der Waals surface area contributed by atoms with Crippen molar-refractivity contribution in [2.45, 2.75) is 24.8 Å². The highest BCUT2D eigenvalue weighted by molar-refractivity contribution is 5.61. The van der Waals surface area contributed by atoms with Crippen molar-refractivity contribution in [1.29, 1.82) is 0 Å². The molecule has 2 aromatic rings. The van der Waals surface area contributed by atoms with E-state index in [0.29, 0.717) is 17.6 Å². The largest absolute Gasteiger partial charge is 0.377 e. The maximum atomic E-state index is 11.0. The summed E-state index contributed by atoms with van der Waals surface area (Å²) in [6.07, 6.45) is 2.05. The Labute approximate surface area is 117 Å². The fourth-order valence-electron chi connectivity index (χ4n) is 2.71.